The number of carbonyl (C=O) groups is 1. The summed E-state index contributed by atoms with van der Waals surface area (Å²) in [6.07, 6.45) is 1.87. The van der Waals surface area contributed by atoms with Crippen LogP contribution in [0.2, 0.25) is 0 Å². The third kappa shape index (κ3) is 3.84. The maximum Gasteiger partial charge on any atom is 0.329 e. The fourth-order valence-electron chi connectivity index (χ4n) is 1.79. The first-order chi connectivity index (χ1) is 9.01. The Kier molecular flexibility index (Phi) is 5.60. The molecule has 1 unspecified atom stereocenters. The quantitative estimate of drug-likeness (QED) is 0.741. The average Bonchev–Trinajstić information content (AvgIpc) is 2.34. The molecule has 0 aliphatic heterocycles. The van der Waals surface area contributed by atoms with Crippen molar-refractivity contribution < 1.29 is 14.3 Å². The van der Waals surface area contributed by atoms with Crippen molar-refractivity contribution in [3.8, 4) is 5.75 Å². The van der Waals surface area contributed by atoms with Gasteiger partial charge >= 0.3 is 5.97 Å². The molecule has 1 atom stereocenters. The maximum atomic E-state index is 12.2. The van der Waals surface area contributed by atoms with Crippen LogP contribution in [0.4, 0.5) is 0 Å². The van der Waals surface area contributed by atoms with Crippen molar-refractivity contribution in [1.82, 2.24) is 4.57 Å². The molecule has 0 N–H and O–H groups in total. The Balaban J connectivity index is 3.08. The molecule has 1 aromatic rings. The van der Waals surface area contributed by atoms with Gasteiger partial charge in [-0.15, -0.1) is 0 Å². The standard InChI is InChI=1S/C14H21NO4/c1-5-11(14(17)19-10(3)4)15-9-7-8-12(13(15)16)18-6-2/h7-11H,5-6H2,1-4H3. The number of hydrogen-bond acceptors (Lipinski definition) is 4. The molecule has 0 aliphatic carbocycles. The van der Waals surface area contributed by atoms with Crippen molar-refractivity contribution in [3.05, 3.63) is 28.7 Å². The topological polar surface area (TPSA) is 57.5 Å². The van der Waals surface area contributed by atoms with Gasteiger partial charge < -0.3 is 9.47 Å². The molecule has 0 bridgehead atoms. The first-order valence-electron chi connectivity index (χ1n) is 6.55. The Morgan fingerprint density at radius 2 is 2.05 bits per heavy atom. The largest absolute Gasteiger partial charge is 0.488 e. The van der Waals surface area contributed by atoms with E-state index in [0.717, 1.165) is 0 Å². The van der Waals surface area contributed by atoms with Gasteiger partial charge in [0.2, 0.25) is 0 Å². The van der Waals surface area contributed by atoms with Gasteiger partial charge in [-0.05, 0) is 39.3 Å². The number of aromatic nitrogens is 1. The second kappa shape index (κ2) is 6.97. The van der Waals surface area contributed by atoms with E-state index in [-0.39, 0.29) is 17.4 Å². The van der Waals surface area contributed by atoms with Gasteiger partial charge in [0.05, 0.1) is 12.7 Å². The lowest BCUT2D eigenvalue weighted by Crippen LogP contribution is -2.32. The van der Waals surface area contributed by atoms with Crippen LogP contribution < -0.4 is 10.3 Å². The maximum absolute atomic E-state index is 12.2. The molecular formula is C14H21NO4. The summed E-state index contributed by atoms with van der Waals surface area (Å²) in [6.45, 7) is 7.62. The molecule has 1 rings (SSSR count). The fourth-order valence-corrected chi connectivity index (χ4v) is 1.79. The van der Waals surface area contributed by atoms with Gasteiger partial charge in [-0.25, -0.2) is 4.79 Å². The van der Waals surface area contributed by atoms with E-state index in [1.54, 1.807) is 39.1 Å². The van der Waals surface area contributed by atoms with Gasteiger partial charge in [-0.2, -0.15) is 0 Å². The number of esters is 1. The molecule has 0 aromatic carbocycles. The van der Waals surface area contributed by atoms with Gasteiger partial charge in [0.1, 0.15) is 6.04 Å². The van der Waals surface area contributed by atoms with Crippen molar-refractivity contribution in [1.29, 1.82) is 0 Å². The second-order valence-corrected chi connectivity index (χ2v) is 4.43. The molecule has 19 heavy (non-hydrogen) atoms. The minimum Gasteiger partial charge on any atom is -0.488 e. The van der Waals surface area contributed by atoms with Crippen molar-refractivity contribution in [2.24, 2.45) is 0 Å². The number of hydrogen-bond donors (Lipinski definition) is 0. The number of rotatable bonds is 6. The van der Waals surface area contributed by atoms with Gasteiger partial charge in [0.25, 0.3) is 5.56 Å². The van der Waals surface area contributed by atoms with Gasteiger partial charge in [0, 0.05) is 6.20 Å². The SMILES string of the molecule is CCOc1cccn(C(CC)C(=O)OC(C)C)c1=O. The van der Waals surface area contributed by atoms with Crippen molar-refractivity contribution in [2.45, 2.75) is 46.3 Å². The Labute approximate surface area is 113 Å². The molecule has 0 aliphatic rings. The highest BCUT2D eigenvalue weighted by Gasteiger charge is 2.22. The van der Waals surface area contributed by atoms with E-state index in [1.165, 1.54) is 4.57 Å². The van der Waals surface area contributed by atoms with Crippen LogP contribution in [-0.2, 0) is 9.53 Å². The van der Waals surface area contributed by atoms with E-state index in [0.29, 0.717) is 13.0 Å². The minimum absolute atomic E-state index is 0.202. The molecule has 1 heterocycles. The van der Waals surface area contributed by atoms with E-state index < -0.39 is 12.0 Å². The molecule has 106 valence electrons. The Bertz CT molecular complexity index is 479. The summed E-state index contributed by atoms with van der Waals surface area (Å²) in [6, 6.07) is 2.68. The van der Waals surface area contributed by atoms with Gasteiger partial charge in [-0.3, -0.25) is 9.36 Å². The van der Waals surface area contributed by atoms with Crippen LogP contribution in [0.5, 0.6) is 5.75 Å². The van der Waals surface area contributed by atoms with Crippen molar-refractivity contribution >= 4 is 5.97 Å². The van der Waals surface area contributed by atoms with Gasteiger partial charge in [-0.1, -0.05) is 6.92 Å². The van der Waals surface area contributed by atoms with E-state index in [4.69, 9.17) is 9.47 Å². The van der Waals surface area contributed by atoms with Crippen LogP contribution in [-0.4, -0.2) is 23.2 Å². The van der Waals surface area contributed by atoms with Gasteiger partial charge in [0.15, 0.2) is 5.75 Å². The normalized spacial score (nSPS) is 12.3. The van der Waals surface area contributed by atoms with E-state index in [9.17, 15) is 9.59 Å². The van der Waals surface area contributed by atoms with E-state index in [1.807, 2.05) is 6.92 Å². The predicted octanol–water partition coefficient (Wildman–Crippen LogP) is 2.15. The molecule has 0 spiro atoms. The first-order valence-corrected chi connectivity index (χ1v) is 6.55. The summed E-state index contributed by atoms with van der Waals surface area (Å²) in [5, 5.41) is 0. The molecular weight excluding hydrogens is 246 g/mol. The summed E-state index contributed by atoms with van der Waals surface area (Å²) < 4.78 is 11.8. The van der Waals surface area contributed by atoms with Crippen LogP contribution in [0.1, 0.15) is 40.2 Å². The van der Waals surface area contributed by atoms with Crippen molar-refractivity contribution in [2.75, 3.05) is 6.61 Å². The minimum atomic E-state index is -0.615. The molecule has 0 saturated heterocycles. The summed E-state index contributed by atoms with van der Waals surface area (Å²) in [7, 11) is 0. The highest BCUT2D eigenvalue weighted by molar-refractivity contribution is 5.74. The van der Waals surface area contributed by atoms with Crippen LogP contribution >= 0.6 is 0 Å². The highest BCUT2D eigenvalue weighted by Crippen LogP contribution is 2.14. The number of nitrogens with zero attached hydrogens (tertiary/aromatic N) is 1. The van der Waals surface area contributed by atoms with Crippen molar-refractivity contribution in [3.63, 3.8) is 0 Å². The number of pyridine rings is 1. The summed E-state index contributed by atoms with van der Waals surface area (Å²) in [5.41, 5.74) is -0.308. The smallest absolute Gasteiger partial charge is 0.329 e. The summed E-state index contributed by atoms with van der Waals surface area (Å²) >= 11 is 0. The monoisotopic (exact) mass is 267 g/mol. The third-order valence-electron chi connectivity index (χ3n) is 2.59. The molecule has 1 aromatic heterocycles. The second-order valence-electron chi connectivity index (χ2n) is 4.43. The van der Waals surface area contributed by atoms with E-state index >= 15 is 0 Å². The summed E-state index contributed by atoms with van der Waals surface area (Å²) in [5.74, 6) is -0.144. The van der Waals surface area contributed by atoms with Crippen LogP contribution in [0.15, 0.2) is 23.1 Å². The molecule has 0 saturated carbocycles. The Hall–Kier alpha value is -1.78. The van der Waals surface area contributed by atoms with Crippen LogP contribution in [0, 0.1) is 0 Å². The zero-order valence-corrected chi connectivity index (χ0v) is 11.9. The zero-order chi connectivity index (χ0) is 14.4. The zero-order valence-electron chi connectivity index (χ0n) is 11.9. The molecule has 0 fully saturated rings. The van der Waals surface area contributed by atoms with Crippen LogP contribution in [0.3, 0.4) is 0 Å². The lowest BCUT2D eigenvalue weighted by Gasteiger charge is -2.19. The summed E-state index contributed by atoms with van der Waals surface area (Å²) in [4.78, 5) is 24.2. The Morgan fingerprint density at radius 1 is 1.37 bits per heavy atom. The lowest BCUT2D eigenvalue weighted by atomic mass is 10.2. The lowest BCUT2D eigenvalue weighted by molar-refractivity contribution is -0.151. The molecule has 0 amide bonds. The van der Waals surface area contributed by atoms with Crippen LogP contribution in [0.25, 0.3) is 0 Å². The predicted molar refractivity (Wildman–Crippen MR) is 72.4 cm³/mol. The number of carbonyl (C=O) groups excluding carboxylic acids is 1. The molecule has 0 radical (unpaired) electrons. The fraction of sp³-hybridized carbons (Fsp3) is 0.571. The Morgan fingerprint density at radius 3 is 2.58 bits per heavy atom. The third-order valence-corrected chi connectivity index (χ3v) is 2.59. The highest BCUT2D eigenvalue weighted by atomic mass is 16.5. The molecule has 5 nitrogen and oxygen atoms in total. The molecule has 5 heteroatoms. The number of ether oxygens (including phenoxy) is 2. The van der Waals surface area contributed by atoms with E-state index in [2.05, 4.69) is 0 Å². The first kappa shape index (κ1) is 15.3. The average molecular weight is 267 g/mol.